The number of benzene rings is 2. The highest BCUT2D eigenvalue weighted by Crippen LogP contribution is 2.48. The van der Waals surface area contributed by atoms with Gasteiger partial charge in [0, 0.05) is 0 Å². The van der Waals surface area contributed by atoms with Crippen LogP contribution in [0.25, 0.3) is 16.8 Å². The highest BCUT2D eigenvalue weighted by molar-refractivity contribution is 5.86. The first-order valence-corrected chi connectivity index (χ1v) is 6.13. The molecule has 0 aliphatic heterocycles. The van der Waals surface area contributed by atoms with Crippen LogP contribution in [0.3, 0.4) is 0 Å². The second-order valence-electron chi connectivity index (χ2n) is 5.04. The van der Waals surface area contributed by atoms with Crippen LogP contribution in [0.2, 0.25) is 0 Å². The van der Waals surface area contributed by atoms with E-state index in [2.05, 4.69) is 48.6 Å². The molecule has 2 unspecified atom stereocenters. The normalized spacial score (nSPS) is 26.0. The van der Waals surface area contributed by atoms with Crippen molar-refractivity contribution in [2.24, 2.45) is 5.92 Å². The second kappa shape index (κ2) is 2.98. The van der Waals surface area contributed by atoms with Gasteiger partial charge in [0.15, 0.2) is 0 Å². The van der Waals surface area contributed by atoms with Gasteiger partial charge in [-0.15, -0.1) is 0 Å². The first-order chi connectivity index (χ1) is 7.92. The average Bonchev–Trinajstić information content (AvgIpc) is 2.27. The van der Waals surface area contributed by atoms with Gasteiger partial charge in [-0.25, -0.2) is 0 Å². The summed E-state index contributed by atoms with van der Waals surface area (Å²) < 4.78 is 0. The van der Waals surface area contributed by atoms with Crippen LogP contribution >= 0.6 is 0 Å². The fraction of sp³-hybridized carbons (Fsp3) is 0.250. The van der Waals surface area contributed by atoms with E-state index in [1.54, 1.807) is 5.56 Å². The summed E-state index contributed by atoms with van der Waals surface area (Å²) in [6, 6.07) is 13.4. The first kappa shape index (κ1) is 8.58. The second-order valence-corrected chi connectivity index (χ2v) is 5.04. The van der Waals surface area contributed by atoms with Crippen molar-refractivity contribution >= 4 is 16.8 Å². The number of allylic oxidation sites excluding steroid dienone is 1. The number of fused-ring (bicyclic) bond motifs is 4. The Morgan fingerprint density at radius 2 is 1.75 bits per heavy atom. The summed E-state index contributed by atoms with van der Waals surface area (Å²) in [6.07, 6.45) is 7.49. The molecule has 0 aromatic heterocycles. The molecule has 0 amide bonds. The van der Waals surface area contributed by atoms with Crippen LogP contribution in [0.1, 0.15) is 29.9 Å². The maximum Gasteiger partial charge on any atom is -0.00925 e. The molecule has 2 aromatic rings. The zero-order valence-electron chi connectivity index (χ0n) is 9.19. The third kappa shape index (κ3) is 1.05. The lowest BCUT2D eigenvalue weighted by Gasteiger charge is -2.38. The van der Waals surface area contributed by atoms with E-state index < -0.39 is 0 Å². The third-order valence-corrected chi connectivity index (χ3v) is 4.20. The van der Waals surface area contributed by atoms with E-state index in [9.17, 15) is 0 Å². The summed E-state index contributed by atoms with van der Waals surface area (Å²) >= 11 is 0. The SMILES string of the molecule is C1=CC2CCC2c2cc3ccccc3cc21. The van der Waals surface area contributed by atoms with Crippen molar-refractivity contribution in [3.05, 3.63) is 53.6 Å². The van der Waals surface area contributed by atoms with Crippen LogP contribution in [0.5, 0.6) is 0 Å². The Morgan fingerprint density at radius 3 is 2.50 bits per heavy atom. The lowest BCUT2D eigenvalue weighted by molar-refractivity contribution is 0.314. The van der Waals surface area contributed by atoms with Crippen LogP contribution in [0.4, 0.5) is 0 Å². The van der Waals surface area contributed by atoms with Crippen LogP contribution in [-0.2, 0) is 0 Å². The lowest BCUT2D eigenvalue weighted by Crippen LogP contribution is -2.24. The molecular weight excluding hydrogens is 192 g/mol. The van der Waals surface area contributed by atoms with Crippen molar-refractivity contribution in [3.8, 4) is 0 Å². The molecule has 0 heterocycles. The van der Waals surface area contributed by atoms with Crippen molar-refractivity contribution in [2.75, 3.05) is 0 Å². The molecule has 2 aromatic carbocycles. The molecule has 4 rings (SSSR count). The molecule has 1 fully saturated rings. The Labute approximate surface area is 95.6 Å². The standard InChI is InChI=1S/C16H14/c1-2-4-13-10-16-14(9-12(13)3-1)6-5-11-7-8-15(11)16/h1-6,9-11,15H,7-8H2. The van der Waals surface area contributed by atoms with E-state index in [0.717, 1.165) is 11.8 Å². The van der Waals surface area contributed by atoms with Gasteiger partial charge in [0.1, 0.15) is 0 Å². The number of hydrogen-bond donors (Lipinski definition) is 0. The Hall–Kier alpha value is -1.56. The predicted molar refractivity (Wildman–Crippen MR) is 68.4 cm³/mol. The zero-order chi connectivity index (χ0) is 10.5. The highest BCUT2D eigenvalue weighted by atomic mass is 14.4. The predicted octanol–water partition coefficient (Wildman–Crippen LogP) is 4.36. The fourth-order valence-corrected chi connectivity index (χ4v) is 3.11. The molecule has 0 nitrogen and oxygen atoms in total. The molecular formula is C16H14. The Morgan fingerprint density at radius 1 is 0.938 bits per heavy atom. The van der Waals surface area contributed by atoms with Gasteiger partial charge in [-0.1, -0.05) is 42.5 Å². The van der Waals surface area contributed by atoms with Gasteiger partial charge in [0.05, 0.1) is 0 Å². The van der Waals surface area contributed by atoms with Gasteiger partial charge in [-0.05, 0) is 52.6 Å². The molecule has 0 bridgehead atoms. The lowest BCUT2D eigenvalue weighted by atomic mass is 9.66. The molecule has 0 N–H and O–H groups in total. The quantitative estimate of drug-likeness (QED) is 0.600. The highest BCUT2D eigenvalue weighted by Gasteiger charge is 2.33. The minimum absolute atomic E-state index is 0.810. The molecule has 0 heteroatoms. The van der Waals surface area contributed by atoms with E-state index in [1.165, 1.54) is 29.2 Å². The van der Waals surface area contributed by atoms with Gasteiger partial charge < -0.3 is 0 Å². The van der Waals surface area contributed by atoms with Gasteiger partial charge in [0.25, 0.3) is 0 Å². The van der Waals surface area contributed by atoms with E-state index >= 15 is 0 Å². The summed E-state index contributed by atoms with van der Waals surface area (Å²) in [4.78, 5) is 0. The number of rotatable bonds is 0. The van der Waals surface area contributed by atoms with Crippen LogP contribution < -0.4 is 0 Å². The van der Waals surface area contributed by atoms with Gasteiger partial charge in [0.2, 0.25) is 0 Å². The smallest absolute Gasteiger partial charge is 0.00925 e. The van der Waals surface area contributed by atoms with Crippen LogP contribution in [0.15, 0.2) is 42.5 Å². The minimum Gasteiger partial charge on any atom is -0.0802 e. The van der Waals surface area contributed by atoms with Gasteiger partial charge >= 0.3 is 0 Å². The van der Waals surface area contributed by atoms with E-state index in [4.69, 9.17) is 0 Å². The third-order valence-electron chi connectivity index (χ3n) is 4.20. The summed E-state index contributed by atoms with van der Waals surface area (Å²) in [5, 5.41) is 2.76. The summed E-state index contributed by atoms with van der Waals surface area (Å²) in [5.41, 5.74) is 3.03. The van der Waals surface area contributed by atoms with Crippen molar-refractivity contribution in [1.29, 1.82) is 0 Å². The fourth-order valence-electron chi connectivity index (χ4n) is 3.11. The Balaban J connectivity index is 2.01. The van der Waals surface area contributed by atoms with Crippen molar-refractivity contribution in [3.63, 3.8) is 0 Å². The maximum absolute atomic E-state index is 2.41. The van der Waals surface area contributed by atoms with Crippen molar-refractivity contribution in [2.45, 2.75) is 18.8 Å². The molecule has 2 aliphatic rings. The van der Waals surface area contributed by atoms with Crippen molar-refractivity contribution in [1.82, 2.24) is 0 Å². The monoisotopic (exact) mass is 206 g/mol. The number of hydrogen-bond acceptors (Lipinski definition) is 0. The molecule has 0 radical (unpaired) electrons. The largest absolute Gasteiger partial charge is 0.0802 e. The Bertz CT molecular complexity index is 592. The summed E-state index contributed by atoms with van der Waals surface area (Å²) in [6.45, 7) is 0. The van der Waals surface area contributed by atoms with E-state index in [0.29, 0.717) is 0 Å². The molecule has 0 spiro atoms. The van der Waals surface area contributed by atoms with E-state index in [1.807, 2.05) is 0 Å². The van der Waals surface area contributed by atoms with E-state index in [-0.39, 0.29) is 0 Å². The zero-order valence-corrected chi connectivity index (χ0v) is 9.19. The first-order valence-electron chi connectivity index (χ1n) is 6.13. The van der Waals surface area contributed by atoms with Crippen LogP contribution in [0, 0.1) is 5.92 Å². The molecule has 0 saturated heterocycles. The molecule has 1 saturated carbocycles. The van der Waals surface area contributed by atoms with Crippen molar-refractivity contribution < 1.29 is 0 Å². The van der Waals surface area contributed by atoms with Crippen LogP contribution in [-0.4, -0.2) is 0 Å². The maximum atomic E-state index is 2.41. The topological polar surface area (TPSA) is 0 Å². The molecule has 78 valence electrons. The molecule has 2 aliphatic carbocycles. The van der Waals surface area contributed by atoms with Gasteiger partial charge in [-0.2, -0.15) is 0 Å². The average molecular weight is 206 g/mol. The Kier molecular flexibility index (Phi) is 1.59. The summed E-state index contributed by atoms with van der Waals surface area (Å²) in [7, 11) is 0. The molecule has 16 heavy (non-hydrogen) atoms. The summed E-state index contributed by atoms with van der Waals surface area (Å²) in [5.74, 6) is 1.64. The minimum atomic E-state index is 0.810. The molecule has 2 atom stereocenters. The van der Waals surface area contributed by atoms with Gasteiger partial charge in [-0.3, -0.25) is 0 Å².